The molecule has 0 radical (unpaired) electrons. The molecule has 1 saturated heterocycles. The van der Waals surface area contributed by atoms with Crippen LogP contribution in [-0.4, -0.2) is 49.4 Å². The molecule has 2 aromatic rings. The van der Waals surface area contributed by atoms with Gasteiger partial charge in [-0.05, 0) is 67.3 Å². The largest absolute Gasteiger partial charge is 0.465 e. The number of likely N-dealkylation sites (tertiary alicyclic amines) is 1. The highest BCUT2D eigenvalue weighted by molar-refractivity contribution is 6.30. The summed E-state index contributed by atoms with van der Waals surface area (Å²) in [6.07, 6.45) is 2.01. The number of fused-ring (bicyclic) bond motifs is 1. The van der Waals surface area contributed by atoms with Crippen LogP contribution in [0.5, 0.6) is 0 Å². The lowest BCUT2D eigenvalue weighted by Gasteiger charge is -2.33. The fourth-order valence-electron chi connectivity index (χ4n) is 4.20. The first-order valence-electron chi connectivity index (χ1n) is 10.1. The molecule has 2 aromatic carbocycles. The molecule has 0 aromatic heterocycles. The number of carbonyl (C=O) groups is 3. The van der Waals surface area contributed by atoms with Crippen molar-refractivity contribution in [1.82, 2.24) is 4.90 Å². The highest BCUT2D eigenvalue weighted by Gasteiger charge is 2.34. The molecule has 0 aliphatic carbocycles. The van der Waals surface area contributed by atoms with Crippen LogP contribution < -0.4 is 4.90 Å². The van der Waals surface area contributed by atoms with Crippen molar-refractivity contribution < 1.29 is 19.1 Å². The fourth-order valence-corrected chi connectivity index (χ4v) is 4.33. The van der Waals surface area contributed by atoms with E-state index in [0.717, 1.165) is 17.7 Å². The minimum atomic E-state index is -0.375. The number of carbonyl (C=O) groups excluding carboxylic acids is 3. The smallest absolute Gasteiger partial charge is 0.337 e. The summed E-state index contributed by atoms with van der Waals surface area (Å²) in [5.41, 5.74) is 2.97. The molecule has 0 saturated carbocycles. The molecule has 7 heteroatoms. The molecule has 4 rings (SSSR count). The highest BCUT2D eigenvalue weighted by Crippen LogP contribution is 2.32. The molecule has 156 valence electrons. The molecule has 30 heavy (non-hydrogen) atoms. The van der Waals surface area contributed by atoms with Crippen LogP contribution in [0, 0.1) is 5.92 Å². The van der Waals surface area contributed by atoms with Crippen LogP contribution in [0.3, 0.4) is 0 Å². The molecule has 0 atom stereocenters. The third kappa shape index (κ3) is 3.92. The van der Waals surface area contributed by atoms with Crippen molar-refractivity contribution in [2.75, 3.05) is 31.6 Å². The van der Waals surface area contributed by atoms with Crippen molar-refractivity contribution in [3.63, 3.8) is 0 Å². The van der Waals surface area contributed by atoms with Crippen molar-refractivity contribution in [2.45, 2.75) is 19.3 Å². The van der Waals surface area contributed by atoms with Crippen molar-refractivity contribution >= 4 is 35.1 Å². The standard InChI is InChI=1S/C23H23ClN2O4/c1-30-23(29)18-4-7-20-17(14-18)10-13-26(20)22(28)16-8-11-25(12-9-16)21(27)15-2-5-19(24)6-3-15/h2-7,14,16H,8-13H2,1H3. The number of nitrogens with zero attached hydrogens (tertiary/aromatic N) is 2. The molecule has 0 spiro atoms. The van der Waals surface area contributed by atoms with Gasteiger partial charge in [-0.25, -0.2) is 4.79 Å². The lowest BCUT2D eigenvalue weighted by molar-refractivity contribution is -0.123. The van der Waals surface area contributed by atoms with Gasteiger partial charge in [-0.1, -0.05) is 11.6 Å². The first-order valence-corrected chi connectivity index (χ1v) is 10.4. The van der Waals surface area contributed by atoms with E-state index < -0.39 is 0 Å². The fraction of sp³-hybridized carbons (Fsp3) is 0.348. The maximum atomic E-state index is 13.1. The minimum absolute atomic E-state index is 0.0283. The molecule has 2 aliphatic rings. The topological polar surface area (TPSA) is 66.9 Å². The van der Waals surface area contributed by atoms with E-state index in [2.05, 4.69) is 0 Å². The van der Waals surface area contributed by atoms with Crippen molar-refractivity contribution in [3.05, 3.63) is 64.2 Å². The van der Waals surface area contributed by atoms with E-state index in [9.17, 15) is 14.4 Å². The zero-order valence-corrected chi connectivity index (χ0v) is 17.5. The van der Waals surface area contributed by atoms with Gasteiger partial charge >= 0.3 is 5.97 Å². The van der Waals surface area contributed by atoms with E-state index in [1.54, 1.807) is 35.2 Å². The molecule has 6 nitrogen and oxygen atoms in total. The Kier molecular flexibility index (Phi) is 5.77. The second-order valence-electron chi connectivity index (χ2n) is 7.65. The first-order chi connectivity index (χ1) is 14.5. The minimum Gasteiger partial charge on any atom is -0.465 e. The number of anilines is 1. The maximum Gasteiger partial charge on any atom is 0.337 e. The quantitative estimate of drug-likeness (QED) is 0.704. The molecule has 0 unspecified atom stereocenters. The van der Waals surface area contributed by atoms with Gasteiger partial charge < -0.3 is 14.5 Å². The Bertz CT molecular complexity index is 981. The van der Waals surface area contributed by atoms with Crippen LogP contribution in [0.15, 0.2) is 42.5 Å². The number of ether oxygens (including phenoxy) is 1. The zero-order valence-electron chi connectivity index (χ0n) is 16.8. The number of benzene rings is 2. The summed E-state index contributed by atoms with van der Waals surface area (Å²) in [5, 5.41) is 0.598. The van der Waals surface area contributed by atoms with E-state index >= 15 is 0 Å². The highest BCUT2D eigenvalue weighted by atomic mass is 35.5. The number of hydrogen-bond donors (Lipinski definition) is 0. The van der Waals surface area contributed by atoms with Gasteiger partial charge in [0.05, 0.1) is 12.7 Å². The summed E-state index contributed by atoms with van der Waals surface area (Å²) in [4.78, 5) is 41.2. The van der Waals surface area contributed by atoms with Gasteiger partial charge in [-0.15, -0.1) is 0 Å². The van der Waals surface area contributed by atoms with Crippen LogP contribution in [0.2, 0.25) is 5.02 Å². The van der Waals surface area contributed by atoms with Crippen LogP contribution in [0.25, 0.3) is 0 Å². The van der Waals surface area contributed by atoms with E-state index in [1.165, 1.54) is 7.11 Å². The molecular weight excluding hydrogens is 404 g/mol. The Balaban J connectivity index is 1.39. The Morgan fingerprint density at radius 2 is 1.63 bits per heavy atom. The van der Waals surface area contributed by atoms with Crippen LogP contribution in [0.1, 0.15) is 39.1 Å². The van der Waals surface area contributed by atoms with Gasteiger partial charge in [0.2, 0.25) is 5.91 Å². The van der Waals surface area contributed by atoms with Gasteiger partial charge in [-0.3, -0.25) is 9.59 Å². The Hall–Kier alpha value is -2.86. The summed E-state index contributed by atoms with van der Waals surface area (Å²) in [5.74, 6) is -0.414. The predicted molar refractivity (Wildman–Crippen MR) is 114 cm³/mol. The Morgan fingerprint density at radius 1 is 0.967 bits per heavy atom. The van der Waals surface area contributed by atoms with E-state index in [4.69, 9.17) is 16.3 Å². The van der Waals surface area contributed by atoms with Crippen LogP contribution in [-0.2, 0) is 16.0 Å². The van der Waals surface area contributed by atoms with Crippen molar-refractivity contribution in [1.29, 1.82) is 0 Å². The number of piperidine rings is 1. The summed E-state index contributed by atoms with van der Waals surface area (Å²) < 4.78 is 4.77. The number of methoxy groups -OCH3 is 1. The molecule has 0 bridgehead atoms. The van der Waals surface area contributed by atoms with Crippen molar-refractivity contribution in [3.8, 4) is 0 Å². The third-order valence-corrected chi connectivity index (χ3v) is 6.14. The second-order valence-corrected chi connectivity index (χ2v) is 8.08. The number of amides is 2. The average molecular weight is 427 g/mol. The molecule has 1 fully saturated rings. The SMILES string of the molecule is COC(=O)c1ccc2c(c1)CCN2C(=O)C1CCN(C(=O)c2ccc(Cl)cc2)CC1. The van der Waals surface area contributed by atoms with Gasteiger partial charge in [0.1, 0.15) is 0 Å². The number of rotatable bonds is 3. The lowest BCUT2D eigenvalue weighted by atomic mass is 9.94. The second kappa shape index (κ2) is 8.48. The number of esters is 1. The lowest BCUT2D eigenvalue weighted by Crippen LogP contribution is -2.44. The van der Waals surface area contributed by atoms with E-state index in [1.807, 2.05) is 17.0 Å². The Morgan fingerprint density at radius 3 is 2.30 bits per heavy atom. The normalized spacial score (nSPS) is 16.3. The van der Waals surface area contributed by atoms with Crippen LogP contribution in [0.4, 0.5) is 5.69 Å². The van der Waals surface area contributed by atoms with E-state index in [0.29, 0.717) is 48.6 Å². The number of halogens is 1. The monoisotopic (exact) mass is 426 g/mol. The summed E-state index contributed by atoms with van der Waals surface area (Å²) in [6.45, 7) is 1.72. The van der Waals surface area contributed by atoms with Crippen molar-refractivity contribution in [2.24, 2.45) is 5.92 Å². The molecule has 2 amide bonds. The molecule has 0 N–H and O–H groups in total. The maximum absolute atomic E-state index is 13.1. The molecule has 2 heterocycles. The summed E-state index contributed by atoms with van der Waals surface area (Å²) in [7, 11) is 1.36. The van der Waals surface area contributed by atoms with Crippen LogP contribution >= 0.6 is 11.6 Å². The Labute approximate surface area is 180 Å². The summed E-state index contributed by atoms with van der Waals surface area (Å²) in [6, 6.07) is 12.2. The summed E-state index contributed by atoms with van der Waals surface area (Å²) >= 11 is 5.90. The predicted octanol–water partition coefficient (Wildman–Crippen LogP) is 3.57. The molecule has 2 aliphatic heterocycles. The van der Waals surface area contributed by atoms with Gasteiger partial charge in [0.25, 0.3) is 5.91 Å². The van der Waals surface area contributed by atoms with Gasteiger partial charge in [0, 0.05) is 41.8 Å². The average Bonchev–Trinajstić information content (AvgIpc) is 3.21. The first kappa shape index (κ1) is 20.4. The van der Waals surface area contributed by atoms with Gasteiger partial charge in [0.15, 0.2) is 0 Å². The number of hydrogen-bond acceptors (Lipinski definition) is 4. The zero-order chi connectivity index (χ0) is 21.3. The molecular formula is C23H23ClN2O4. The van der Waals surface area contributed by atoms with Gasteiger partial charge in [-0.2, -0.15) is 0 Å². The van der Waals surface area contributed by atoms with E-state index in [-0.39, 0.29) is 23.7 Å². The third-order valence-electron chi connectivity index (χ3n) is 5.88.